The molecule has 0 aromatic rings. The van der Waals surface area contributed by atoms with E-state index in [2.05, 4.69) is 9.47 Å². The number of carbonyl (C=O) groups excluding carboxylic acids is 4. The number of unbranched alkanes of at least 4 members (excludes halogenated alkanes) is 2. The van der Waals surface area contributed by atoms with Gasteiger partial charge in [-0.1, -0.05) is 40.5 Å². The molecule has 24 heavy (non-hydrogen) atoms. The van der Waals surface area contributed by atoms with E-state index in [1.54, 1.807) is 0 Å². The second-order valence-electron chi connectivity index (χ2n) is 5.40. The lowest BCUT2D eigenvalue weighted by atomic mass is 10.2. The van der Waals surface area contributed by atoms with E-state index in [0.717, 1.165) is 38.5 Å². The third kappa shape index (κ3) is 18.3. The summed E-state index contributed by atoms with van der Waals surface area (Å²) in [6.07, 6.45) is 6.28. The van der Waals surface area contributed by atoms with Crippen molar-refractivity contribution >= 4 is 23.9 Å². The standard InChI is InChI=1S/C10H18O3.C8H14O3/c1-3-5-7-9(11)13-10(12)8-6-4-2;1-3-5-7(9)11-8(10)6-4-2/h3-8H2,1-2H3;3-6H2,1-2H3. The van der Waals surface area contributed by atoms with Crippen molar-refractivity contribution in [3.8, 4) is 0 Å². The van der Waals surface area contributed by atoms with Crippen LogP contribution in [0.2, 0.25) is 0 Å². The molecule has 0 radical (unpaired) electrons. The van der Waals surface area contributed by atoms with Gasteiger partial charge in [0.1, 0.15) is 0 Å². The minimum Gasteiger partial charge on any atom is -0.393 e. The highest BCUT2D eigenvalue weighted by Crippen LogP contribution is 2.01. The number of hydrogen-bond donors (Lipinski definition) is 0. The molecule has 0 heterocycles. The lowest BCUT2D eigenvalue weighted by Crippen LogP contribution is -2.11. The summed E-state index contributed by atoms with van der Waals surface area (Å²) in [7, 11) is 0. The smallest absolute Gasteiger partial charge is 0.313 e. The summed E-state index contributed by atoms with van der Waals surface area (Å²) in [6.45, 7) is 7.72. The van der Waals surface area contributed by atoms with Crippen LogP contribution in [-0.2, 0) is 28.7 Å². The molecule has 0 aromatic carbocycles. The third-order valence-electron chi connectivity index (χ3n) is 2.83. The molecular formula is C18H32O6. The largest absolute Gasteiger partial charge is 0.393 e. The Labute approximate surface area is 145 Å². The first-order valence-electron chi connectivity index (χ1n) is 8.88. The molecule has 6 heteroatoms. The molecule has 0 N–H and O–H groups in total. The highest BCUT2D eigenvalue weighted by atomic mass is 16.6. The van der Waals surface area contributed by atoms with Gasteiger partial charge in [-0.25, -0.2) is 0 Å². The molecule has 0 unspecified atom stereocenters. The zero-order valence-electron chi connectivity index (χ0n) is 15.5. The van der Waals surface area contributed by atoms with E-state index in [0.29, 0.717) is 25.7 Å². The van der Waals surface area contributed by atoms with E-state index in [1.165, 1.54) is 0 Å². The Hall–Kier alpha value is -1.72. The van der Waals surface area contributed by atoms with E-state index >= 15 is 0 Å². The fourth-order valence-electron chi connectivity index (χ4n) is 1.51. The zero-order valence-corrected chi connectivity index (χ0v) is 15.5. The molecule has 0 aromatic heterocycles. The summed E-state index contributed by atoms with van der Waals surface area (Å²) in [5.74, 6) is -1.59. The van der Waals surface area contributed by atoms with Crippen molar-refractivity contribution in [1.29, 1.82) is 0 Å². The van der Waals surface area contributed by atoms with Gasteiger partial charge < -0.3 is 9.47 Å². The van der Waals surface area contributed by atoms with Crippen LogP contribution >= 0.6 is 0 Å². The maximum absolute atomic E-state index is 10.9. The Kier molecular flexibility index (Phi) is 18.0. The summed E-state index contributed by atoms with van der Waals surface area (Å²) >= 11 is 0. The highest BCUT2D eigenvalue weighted by molar-refractivity contribution is 5.85. The van der Waals surface area contributed by atoms with E-state index in [9.17, 15) is 19.2 Å². The Morgan fingerprint density at radius 1 is 0.500 bits per heavy atom. The molecule has 0 atom stereocenters. The van der Waals surface area contributed by atoms with E-state index in [-0.39, 0.29) is 11.9 Å². The van der Waals surface area contributed by atoms with Gasteiger partial charge in [-0.15, -0.1) is 0 Å². The maximum atomic E-state index is 10.9. The van der Waals surface area contributed by atoms with Gasteiger partial charge in [-0.05, 0) is 25.7 Å². The topological polar surface area (TPSA) is 86.7 Å². The average Bonchev–Trinajstić information content (AvgIpc) is 2.52. The molecule has 0 bridgehead atoms. The molecule has 0 amide bonds. The van der Waals surface area contributed by atoms with Gasteiger partial charge >= 0.3 is 23.9 Å². The first-order valence-corrected chi connectivity index (χ1v) is 8.88. The molecule has 0 aliphatic heterocycles. The van der Waals surface area contributed by atoms with Gasteiger partial charge in [0.05, 0.1) is 0 Å². The van der Waals surface area contributed by atoms with Crippen LogP contribution in [0.3, 0.4) is 0 Å². The predicted octanol–water partition coefficient (Wildman–Crippen LogP) is 4.09. The van der Waals surface area contributed by atoms with Crippen molar-refractivity contribution in [3.05, 3.63) is 0 Å². The minimum atomic E-state index is -0.411. The maximum Gasteiger partial charge on any atom is 0.313 e. The fourth-order valence-corrected chi connectivity index (χ4v) is 1.51. The van der Waals surface area contributed by atoms with Crippen LogP contribution in [0.25, 0.3) is 0 Å². The van der Waals surface area contributed by atoms with E-state index in [4.69, 9.17) is 0 Å². The molecule has 0 aliphatic carbocycles. The van der Waals surface area contributed by atoms with Crippen molar-refractivity contribution in [3.63, 3.8) is 0 Å². The molecule has 0 fully saturated rings. The molecule has 0 saturated heterocycles. The monoisotopic (exact) mass is 344 g/mol. The van der Waals surface area contributed by atoms with Crippen molar-refractivity contribution in [1.82, 2.24) is 0 Å². The lowest BCUT2D eigenvalue weighted by Gasteiger charge is -2.00. The summed E-state index contributed by atoms with van der Waals surface area (Å²) in [5.41, 5.74) is 0. The summed E-state index contributed by atoms with van der Waals surface area (Å²) in [6, 6.07) is 0. The Bertz CT molecular complexity index is 342. The fraction of sp³-hybridized carbons (Fsp3) is 0.778. The second-order valence-corrected chi connectivity index (χ2v) is 5.40. The van der Waals surface area contributed by atoms with Crippen LogP contribution in [0.1, 0.15) is 91.9 Å². The molecule has 0 saturated carbocycles. The Balaban J connectivity index is 0. The number of carbonyl (C=O) groups is 4. The number of esters is 4. The van der Waals surface area contributed by atoms with Crippen LogP contribution in [0.5, 0.6) is 0 Å². The molecule has 0 spiro atoms. The van der Waals surface area contributed by atoms with Crippen LogP contribution in [0, 0.1) is 0 Å². The van der Waals surface area contributed by atoms with Gasteiger partial charge in [0.25, 0.3) is 0 Å². The number of rotatable bonds is 10. The minimum absolute atomic E-state index is 0.329. The summed E-state index contributed by atoms with van der Waals surface area (Å²) in [5, 5.41) is 0. The number of ether oxygens (including phenoxy) is 2. The van der Waals surface area contributed by atoms with Crippen molar-refractivity contribution in [2.75, 3.05) is 0 Å². The lowest BCUT2D eigenvalue weighted by molar-refractivity contribution is -0.161. The first kappa shape index (κ1) is 24.5. The Morgan fingerprint density at radius 3 is 1.04 bits per heavy atom. The highest BCUT2D eigenvalue weighted by Gasteiger charge is 2.08. The summed E-state index contributed by atoms with van der Waals surface area (Å²) in [4.78, 5) is 43.2. The van der Waals surface area contributed by atoms with Crippen molar-refractivity contribution in [2.24, 2.45) is 0 Å². The van der Waals surface area contributed by atoms with Gasteiger partial charge in [-0.2, -0.15) is 0 Å². The van der Waals surface area contributed by atoms with Gasteiger partial charge in [0.15, 0.2) is 0 Å². The van der Waals surface area contributed by atoms with Crippen LogP contribution in [0.15, 0.2) is 0 Å². The van der Waals surface area contributed by atoms with Gasteiger partial charge in [0.2, 0.25) is 0 Å². The quantitative estimate of drug-likeness (QED) is 0.438. The molecule has 0 aliphatic rings. The average molecular weight is 344 g/mol. The molecule has 140 valence electrons. The second kappa shape index (κ2) is 17.6. The zero-order chi connectivity index (χ0) is 18.8. The predicted molar refractivity (Wildman–Crippen MR) is 91.1 cm³/mol. The van der Waals surface area contributed by atoms with Crippen molar-refractivity contribution < 1.29 is 28.7 Å². The molecule has 6 nitrogen and oxygen atoms in total. The third-order valence-corrected chi connectivity index (χ3v) is 2.83. The van der Waals surface area contributed by atoms with Crippen LogP contribution < -0.4 is 0 Å². The first-order chi connectivity index (χ1) is 11.4. The van der Waals surface area contributed by atoms with Crippen LogP contribution in [0.4, 0.5) is 0 Å². The molecular weight excluding hydrogens is 312 g/mol. The van der Waals surface area contributed by atoms with E-state index in [1.807, 2.05) is 27.7 Å². The summed E-state index contributed by atoms with van der Waals surface area (Å²) < 4.78 is 9.03. The Morgan fingerprint density at radius 2 is 0.792 bits per heavy atom. The number of hydrogen-bond acceptors (Lipinski definition) is 6. The van der Waals surface area contributed by atoms with E-state index < -0.39 is 11.9 Å². The van der Waals surface area contributed by atoms with Crippen LogP contribution in [-0.4, -0.2) is 23.9 Å². The van der Waals surface area contributed by atoms with Gasteiger partial charge in [0, 0.05) is 25.7 Å². The van der Waals surface area contributed by atoms with Crippen molar-refractivity contribution in [2.45, 2.75) is 91.9 Å². The normalized spacial score (nSPS) is 9.50. The van der Waals surface area contributed by atoms with Gasteiger partial charge in [-0.3, -0.25) is 19.2 Å². The molecule has 0 rings (SSSR count). The SMILES string of the molecule is CCCC(=O)OC(=O)CCC.CCCCC(=O)OC(=O)CCCC.